The summed E-state index contributed by atoms with van der Waals surface area (Å²) in [7, 11) is 1.42. The van der Waals surface area contributed by atoms with Crippen LogP contribution in [0.4, 0.5) is 0 Å². The van der Waals surface area contributed by atoms with Crippen molar-refractivity contribution in [1.29, 1.82) is 0 Å². The van der Waals surface area contributed by atoms with E-state index < -0.39 is 11.5 Å². The minimum atomic E-state index is -1.36. The molecule has 0 aromatic carbocycles. The molecule has 0 saturated carbocycles. The van der Waals surface area contributed by atoms with Crippen LogP contribution in [0.2, 0.25) is 0 Å². The highest BCUT2D eigenvalue weighted by Gasteiger charge is 2.32. The van der Waals surface area contributed by atoms with Crippen molar-refractivity contribution in [3.8, 4) is 0 Å². The van der Waals surface area contributed by atoms with Gasteiger partial charge in [-0.2, -0.15) is 0 Å². The van der Waals surface area contributed by atoms with Gasteiger partial charge in [0.2, 0.25) is 0 Å². The molecule has 6 nitrogen and oxygen atoms in total. The zero-order chi connectivity index (χ0) is 13.3. The number of hydrogen-bond donors (Lipinski definition) is 3. The van der Waals surface area contributed by atoms with Crippen LogP contribution < -0.4 is 11.5 Å². The second-order valence-corrected chi connectivity index (χ2v) is 3.88. The van der Waals surface area contributed by atoms with Crippen molar-refractivity contribution in [3.05, 3.63) is 12.2 Å². The molecule has 0 saturated heterocycles. The number of nitrogens with two attached hydrogens (primary N) is 2. The summed E-state index contributed by atoms with van der Waals surface area (Å²) in [6, 6.07) is 0. The summed E-state index contributed by atoms with van der Waals surface area (Å²) in [4.78, 5) is 14.9. The molecule has 0 rings (SSSR count). The zero-order valence-corrected chi connectivity index (χ0v) is 12.8. The number of carboxylic acid groups (broad SMARTS) is 1. The Morgan fingerprint density at radius 2 is 2.00 bits per heavy atom. The fourth-order valence-electron chi connectivity index (χ4n) is 1.19. The molecule has 0 unspecified atom stereocenters. The number of carbonyl (C=O) groups is 1. The number of aliphatic carboxylic acids is 1. The summed E-state index contributed by atoms with van der Waals surface area (Å²) in [6.45, 7) is 2.29. The van der Waals surface area contributed by atoms with Crippen LogP contribution in [-0.2, 0) is 9.53 Å². The largest absolute Gasteiger partial charge is 0.480 e. The SMILES string of the molecule is COC[C@](N)(C/C=C\CCN=C(C)N)C(=O)O.Cl.Cl. The number of nitrogens with zero attached hydrogens (tertiary/aromatic N) is 1. The first-order valence-corrected chi connectivity index (χ1v) is 5.35. The summed E-state index contributed by atoms with van der Waals surface area (Å²) in [5.74, 6) is -0.531. The number of hydrogen-bond acceptors (Lipinski definition) is 4. The summed E-state index contributed by atoms with van der Waals surface area (Å²) in [5.41, 5.74) is 9.70. The van der Waals surface area contributed by atoms with Crippen LogP contribution in [0.1, 0.15) is 19.8 Å². The van der Waals surface area contributed by atoms with E-state index >= 15 is 0 Å². The van der Waals surface area contributed by atoms with Gasteiger partial charge in [-0.25, -0.2) is 0 Å². The highest BCUT2D eigenvalue weighted by Crippen LogP contribution is 2.09. The van der Waals surface area contributed by atoms with Crippen LogP contribution in [0, 0.1) is 0 Å². The Balaban J connectivity index is -0.00000128. The van der Waals surface area contributed by atoms with Crippen molar-refractivity contribution in [2.75, 3.05) is 20.3 Å². The van der Waals surface area contributed by atoms with E-state index in [0.29, 0.717) is 18.8 Å². The number of methoxy groups -OCH3 is 1. The number of carboxylic acids is 1. The molecule has 0 aromatic rings. The summed E-state index contributed by atoms with van der Waals surface area (Å²) >= 11 is 0. The Kier molecular flexibility index (Phi) is 15.0. The van der Waals surface area contributed by atoms with E-state index in [0.717, 1.165) is 0 Å². The van der Waals surface area contributed by atoms with Gasteiger partial charge >= 0.3 is 5.97 Å². The second kappa shape index (κ2) is 12.2. The van der Waals surface area contributed by atoms with Crippen LogP contribution in [0.15, 0.2) is 17.1 Å². The highest BCUT2D eigenvalue weighted by atomic mass is 35.5. The van der Waals surface area contributed by atoms with Crippen molar-refractivity contribution in [3.63, 3.8) is 0 Å². The van der Waals surface area contributed by atoms with Crippen molar-refractivity contribution < 1.29 is 14.6 Å². The van der Waals surface area contributed by atoms with Gasteiger partial charge in [-0.3, -0.25) is 9.79 Å². The minimum absolute atomic E-state index is 0. The Labute approximate surface area is 126 Å². The maximum Gasteiger partial charge on any atom is 0.326 e. The first-order chi connectivity index (χ1) is 7.92. The Hall–Kier alpha value is -0.820. The third-order valence-corrected chi connectivity index (χ3v) is 2.13. The molecular weight excluding hydrogens is 293 g/mol. The molecule has 0 spiro atoms. The summed E-state index contributed by atoms with van der Waals surface area (Å²) < 4.78 is 4.80. The van der Waals surface area contributed by atoms with Gasteiger partial charge in [0.25, 0.3) is 0 Å². The van der Waals surface area contributed by atoms with Crippen molar-refractivity contribution in [1.82, 2.24) is 0 Å². The Bertz CT molecular complexity index is 308. The first-order valence-electron chi connectivity index (χ1n) is 5.35. The molecule has 0 aliphatic heterocycles. The molecule has 8 heteroatoms. The average Bonchev–Trinajstić information content (AvgIpc) is 2.23. The molecule has 114 valence electrons. The molecule has 0 bridgehead atoms. The average molecular weight is 316 g/mol. The zero-order valence-electron chi connectivity index (χ0n) is 11.2. The molecular formula is C11H23Cl2N3O3. The van der Waals surface area contributed by atoms with Gasteiger partial charge in [-0.05, 0) is 19.8 Å². The molecule has 0 fully saturated rings. The summed E-state index contributed by atoms with van der Waals surface area (Å²) in [6.07, 6.45) is 4.50. The second-order valence-electron chi connectivity index (χ2n) is 3.88. The van der Waals surface area contributed by atoms with Gasteiger partial charge in [0.1, 0.15) is 5.54 Å². The lowest BCUT2D eigenvalue weighted by Crippen LogP contribution is -2.51. The van der Waals surface area contributed by atoms with Crippen LogP contribution in [0.25, 0.3) is 0 Å². The van der Waals surface area contributed by atoms with Gasteiger partial charge in [0.05, 0.1) is 12.4 Å². The lowest BCUT2D eigenvalue weighted by Gasteiger charge is -2.21. The predicted octanol–water partition coefficient (Wildman–Crippen LogP) is 0.972. The van der Waals surface area contributed by atoms with Crippen molar-refractivity contribution in [2.45, 2.75) is 25.3 Å². The highest BCUT2D eigenvalue weighted by molar-refractivity contribution is 5.85. The standard InChI is InChI=1S/C11H21N3O3.2ClH/c1-9(12)14-7-5-3-4-6-11(13,8-17-2)10(15)16;;/h3-4H,5-8,13H2,1-2H3,(H2,12,14)(H,15,16);2*1H/b4-3-;;/t11-;;/m1../s1. The molecule has 0 amide bonds. The molecule has 19 heavy (non-hydrogen) atoms. The molecule has 0 aliphatic carbocycles. The number of halogens is 2. The lowest BCUT2D eigenvalue weighted by atomic mass is 9.97. The van der Waals surface area contributed by atoms with E-state index in [-0.39, 0.29) is 37.8 Å². The van der Waals surface area contributed by atoms with E-state index in [1.165, 1.54) is 7.11 Å². The number of rotatable bonds is 8. The minimum Gasteiger partial charge on any atom is -0.480 e. The van der Waals surface area contributed by atoms with E-state index in [9.17, 15) is 4.79 Å². The van der Waals surface area contributed by atoms with Gasteiger partial charge in [0.15, 0.2) is 0 Å². The Morgan fingerprint density at radius 1 is 1.42 bits per heavy atom. The summed E-state index contributed by atoms with van der Waals surface area (Å²) in [5, 5.41) is 8.96. The maximum atomic E-state index is 10.9. The van der Waals surface area contributed by atoms with Crippen molar-refractivity contribution >= 4 is 36.6 Å². The quantitative estimate of drug-likeness (QED) is 0.267. The molecule has 0 heterocycles. The molecule has 0 radical (unpaired) electrons. The van der Waals surface area contributed by atoms with Gasteiger partial charge in [0, 0.05) is 13.7 Å². The van der Waals surface area contributed by atoms with Crippen LogP contribution in [0.3, 0.4) is 0 Å². The van der Waals surface area contributed by atoms with Gasteiger partial charge in [-0.15, -0.1) is 24.8 Å². The topological polar surface area (TPSA) is 111 Å². The van der Waals surface area contributed by atoms with Crippen molar-refractivity contribution in [2.24, 2.45) is 16.5 Å². The van der Waals surface area contributed by atoms with E-state index in [2.05, 4.69) is 4.99 Å². The monoisotopic (exact) mass is 315 g/mol. The van der Waals surface area contributed by atoms with Gasteiger partial charge < -0.3 is 21.3 Å². The van der Waals surface area contributed by atoms with Crippen LogP contribution in [0.5, 0.6) is 0 Å². The number of amidine groups is 1. The smallest absolute Gasteiger partial charge is 0.326 e. The fourth-order valence-corrected chi connectivity index (χ4v) is 1.19. The number of ether oxygens (including phenoxy) is 1. The third-order valence-electron chi connectivity index (χ3n) is 2.13. The van der Waals surface area contributed by atoms with E-state index in [1.54, 1.807) is 13.0 Å². The molecule has 1 atom stereocenters. The van der Waals surface area contributed by atoms with Gasteiger partial charge in [-0.1, -0.05) is 12.2 Å². The molecule has 5 N–H and O–H groups in total. The molecule has 0 aliphatic rings. The molecule has 0 aromatic heterocycles. The predicted molar refractivity (Wildman–Crippen MR) is 81.5 cm³/mol. The third kappa shape index (κ3) is 10.8. The van der Waals surface area contributed by atoms with E-state index in [4.69, 9.17) is 21.3 Å². The fraction of sp³-hybridized carbons (Fsp3) is 0.636. The van der Waals surface area contributed by atoms with E-state index in [1.807, 2.05) is 6.08 Å². The maximum absolute atomic E-state index is 10.9. The first kappa shape index (κ1) is 23.3. The Morgan fingerprint density at radius 3 is 2.42 bits per heavy atom. The van der Waals surface area contributed by atoms with Crippen LogP contribution in [-0.4, -0.2) is 42.7 Å². The lowest BCUT2D eigenvalue weighted by molar-refractivity contribution is -0.145. The number of aliphatic imine (C=N–C) groups is 1. The normalized spacial score (nSPS) is 14.4. The van der Waals surface area contributed by atoms with Crippen LogP contribution >= 0.6 is 24.8 Å².